The number of benzene rings is 2. The highest BCUT2D eigenvalue weighted by Crippen LogP contribution is 2.26. The first-order chi connectivity index (χ1) is 23.4. The van der Waals surface area contributed by atoms with E-state index in [1.54, 1.807) is 13.0 Å². The molecule has 2 aromatic heterocycles. The molecule has 0 atom stereocenters. The average Bonchev–Trinajstić information content (AvgIpc) is 3.07. The number of nitrogens with zero attached hydrogens (tertiary/aromatic N) is 5. The van der Waals surface area contributed by atoms with Crippen LogP contribution in [0, 0.1) is 11.6 Å². The van der Waals surface area contributed by atoms with E-state index in [1.807, 2.05) is 20.8 Å². The number of rotatable bonds is 12. The van der Waals surface area contributed by atoms with Gasteiger partial charge in [0.15, 0.2) is 10.3 Å². The second kappa shape index (κ2) is 21.1. The minimum atomic E-state index is -0.524. The second-order valence-corrected chi connectivity index (χ2v) is 12.5. The van der Waals surface area contributed by atoms with E-state index in [-0.39, 0.29) is 40.1 Å². The van der Waals surface area contributed by atoms with Crippen LogP contribution in [0.4, 0.5) is 20.4 Å². The number of amides is 1. The molecular weight excluding hydrogens is 744 g/mol. The Morgan fingerprint density at radius 2 is 1.29 bits per heavy atom. The number of hydrogen-bond donors (Lipinski definition) is 2. The summed E-state index contributed by atoms with van der Waals surface area (Å²) in [5.74, 6) is 1.25. The average molecular weight is 783 g/mol. The zero-order chi connectivity index (χ0) is 36.5. The Balaban J connectivity index is 0.000000271. The number of hydroxylamine groups is 2. The van der Waals surface area contributed by atoms with Crippen molar-refractivity contribution in [2.45, 2.75) is 38.0 Å². The molecule has 0 bridgehead atoms. The first kappa shape index (κ1) is 41.1. The molecule has 2 heterocycles. The lowest BCUT2D eigenvalue weighted by molar-refractivity contribution is -0.0756. The van der Waals surface area contributed by atoms with Crippen LogP contribution in [0.1, 0.15) is 54.0 Å². The molecule has 12 nitrogen and oxygen atoms in total. The predicted octanol–water partition coefficient (Wildman–Crippen LogP) is 6.73. The third-order valence-corrected chi connectivity index (χ3v) is 7.96. The summed E-state index contributed by atoms with van der Waals surface area (Å²) in [5, 5.41) is 2.14. The molecular formula is C32H38BrF2N7O5S2. The SMILES string of the molecule is CCOc1ccc(F)cc1Br.CCOc1ccc(F)cc1C(=O)c1cnc(SCC)nc1N.CCSc1ncc(C(=O)N(C)OC)c(N)n1. The van der Waals surface area contributed by atoms with Crippen LogP contribution in [-0.4, -0.2) is 75.6 Å². The van der Waals surface area contributed by atoms with Crippen molar-refractivity contribution in [2.75, 3.05) is 50.3 Å². The van der Waals surface area contributed by atoms with Gasteiger partial charge in [-0.3, -0.25) is 14.4 Å². The van der Waals surface area contributed by atoms with Crippen molar-refractivity contribution in [1.82, 2.24) is 25.0 Å². The van der Waals surface area contributed by atoms with Crippen LogP contribution in [-0.2, 0) is 4.84 Å². The molecule has 0 radical (unpaired) electrons. The molecule has 4 rings (SSSR count). The minimum absolute atomic E-state index is 0.0719. The Morgan fingerprint density at radius 3 is 1.76 bits per heavy atom. The summed E-state index contributed by atoms with van der Waals surface area (Å²) < 4.78 is 37.2. The standard InChI is InChI=1S/C15H16FN3O2S.C9H14N4O2S.C8H8BrFO/c1-3-21-12-6-5-9(16)7-10(12)13(20)11-8-18-15(22-4-2)19-14(11)17;1-4-16-9-11-5-6(7(10)12-9)8(14)13(2)15-3;1-2-11-8-4-3-6(10)5-7(8)9/h5-8H,3-4H2,1-2H3,(H2,17,18,19);5H,4H2,1-3H3,(H2,10,11,12);3-5H,2H2,1H3. The van der Waals surface area contributed by atoms with E-state index in [4.69, 9.17) is 25.8 Å². The number of ketones is 1. The number of anilines is 2. The molecule has 4 N–H and O–H groups in total. The smallest absolute Gasteiger partial charge is 0.282 e. The summed E-state index contributed by atoms with van der Waals surface area (Å²) in [6.45, 7) is 8.57. The third kappa shape index (κ3) is 12.7. The van der Waals surface area contributed by atoms with Crippen molar-refractivity contribution in [3.05, 3.63) is 81.6 Å². The summed E-state index contributed by atoms with van der Waals surface area (Å²) >= 11 is 6.07. The van der Waals surface area contributed by atoms with Crippen molar-refractivity contribution in [1.29, 1.82) is 0 Å². The van der Waals surface area contributed by atoms with E-state index in [0.717, 1.165) is 22.6 Å². The summed E-state index contributed by atoms with van der Waals surface area (Å²) in [6, 6.07) is 8.14. The Morgan fingerprint density at radius 1 is 0.796 bits per heavy atom. The van der Waals surface area contributed by atoms with Crippen LogP contribution >= 0.6 is 39.5 Å². The number of nitrogens with two attached hydrogens (primary N) is 2. The Hall–Kier alpha value is -4.06. The van der Waals surface area contributed by atoms with Crippen molar-refractivity contribution in [2.24, 2.45) is 0 Å². The number of ether oxygens (including phenoxy) is 2. The summed E-state index contributed by atoms with van der Waals surface area (Å²) in [4.78, 5) is 45.3. The van der Waals surface area contributed by atoms with Crippen LogP contribution in [0.15, 0.2) is 63.6 Å². The van der Waals surface area contributed by atoms with Crippen molar-refractivity contribution >= 4 is 62.8 Å². The second-order valence-electron chi connectivity index (χ2n) is 9.16. The first-order valence-corrected chi connectivity index (χ1v) is 17.5. The molecule has 0 spiro atoms. The third-order valence-electron chi connectivity index (χ3n) is 5.85. The molecule has 0 unspecified atom stereocenters. The van der Waals surface area contributed by atoms with Gasteiger partial charge in [0.25, 0.3) is 5.91 Å². The van der Waals surface area contributed by atoms with E-state index in [1.165, 1.54) is 74.3 Å². The maximum absolute atomic E-state index is 13.5. The van der Waals surface area contributed by atoms with Crippen LogP contribution in [0.3, 0.4) is 0 Å². The fourth-order valence-electron chi connectivity index (χ4n) is 3.60. The molecule has 1 amide bonds. The van der Waals surface area contributed by atoms with E-state index >= 15 is 0 Å². The van der Waals surface area contributed by atoms with Crippen molar-refractivity contribution in [3.8, 4) is 11.5 Å². The highest BCUT2D eigenvalue weighted by molar-refractivity contribution is 9.10. The van der Waals surface area contributed by atoms with Gasteiger partial charge in [-0.2, -0.15) is 0 Å². The van der Waals surface area contributed by atoms with Gasteiger partial charge >= 0.3 is 0 Å². The Labute approximate surface area is 300 Å². The number of carbonyl (C=O) groups is 2. The van der Waals surface area contributed by atoms with Gasteiger partial charge in [-0.25, -0.2) is 33.8 Å². The van der Waals surface area contributed by atoms with Crippen LogP contribution in [0.2, 0.25) is 0 Å². The van der Waals surface area contributed by atoms with Crippen molar-refractivity contribution < 1.29 is 32.7 Å². The number of nitrogen functional groups attached to an aromatic ring is 2. The van der Waals surface area contributed by atoms with Gasteiger partial charge in [0.05, 0.1) is 35.9 Å². The molecule has 17 heteroatoms. The number of hydrogen-bond acceptors (Lipinski definition) is 13. The quantitative estimate of drug-likeness (QED) is 0.0672. The molecule has 0 aliphatic carbocycles. The zero-order valence-electron chi connectivity index (χ0n) is 27.8. The van der Waals surface area contributed by atoms with Crippen LogP contribution in [0.5, 0.6) is 11.5 Å². The van der Waals surface area contributed by atoms with E-state index in [2.05, 4.69) is 35.9 Å². The Bertz CT molecular complexity index is 1710. The minimum Gasteiger partial charge on any atom is -0.493 e. The molecule has 0 saturated carbocycles. The lowest BCUT2D eigenvalue weighted by Gasteiger charge is -2.14. The molecule has 2 aromatic carbocycles. The van der Waals surface area contributed by atoms with Gasteiger partial charge in [-0.1, -0.05) is 37.4 Å². The summed E-state index contributed by atoms with van der Waals surface area (Å²) in [6.07, 6.45) is 2.78. The zero-order valence-corrected chi connectivity index (χ0v) is 31.0. The Kier molecular flexibility index (Phi) is 17.7. The maximum Gasteiger partial charge on any atom is 0.282 e. The molecule has 4 aromatic rings. The maximum atomic E-state index is 13.5. The lowest BCUT2D eigenvalue weighted by Crippen LogP contribution is -2.26. The molecule has 0 saturated heterocycles. The molecule has 49 heavy (non-hydrogen) atoms. The number of thioether (sulfide) groups is 2. The van der Waals surface area contributed by atoms with E-state index < -0.39 is 11.6 Å². The number of carbonyl (C=O) groups excluding carboxylic acids is 2. The van der Waals surface area contributed by atoms with Gasteiger partial charge in [0.1, 0.15) is 40.3 Å². The highest BCUT2D eigenvalue weighted by Gasteiger charge is 2.20. The van der Waals surface area contributed by atoms with Crippen molar-refractivity contribution in [3.63, 3.8) is 0 Å². The van der Waals surface area contributed by atoms with Gasteiger partial charge in [0.2, 0.25) is 5.78 Å². The van der Waals surface area contributed by atoms with Crippen LogP contribution < -0.4 is 20.9 Å². The largest absolute Gasteiger partial charge is 0.493 e. The van der Waals surface area contributed by atoms with E-state index in [0.29, 0.717) is 39.5 Å². The molecule has 264 valence electrons. The lowest BCUT2D eigenvalue weighted by atomic mass is 10.0. The fraction of sp³-hybridized carbons (Fsp3) is 0.312. The molecule has 0 aliphatic rings. The first-order valence-electron chi connectivity index (χ1n) is 14.8. The number of aromatic nitrogens is 4. The predicted molar refractivity (Wildman–Crippen MR) is 191 cm³/mol. The monoisotopic (exact) mass is 781 g/mol. The van der Waals surface area contributed by atoms with Gasteiger partial charge in [0, 0.05) is 19.4 Å². The summed E-state index contributed by atoms with van der Waals surface area (Å²) in [5.41, 5.74) is 12.0. The van der Waals surface area contributed by atoms with Crippen LogP contribution in [0.25, 0.3) is 0 Å². The molecule has 0 fully saturated rings. The topological polar surface area (TPSA) is 169 Å². The summed E-state index contributed by atoms with van der Waals surface area (Å²) in [7, 11) is 2.90. The molecule has 0 aliphatic heterocycles. The normalized spacial score (nSPS) is 10.2. The van der Waals surface area contributed by atoms with Gasteiger partial charge in [-0.05, 0) is 77.7 Å². The number of halogens is 3. The van der Waals surface area contributed by atoms with E-state index in [9.17, 15) is 18.4 Å². The van der Waals surface area contributed by atoms with Gasteiger partial charge in [-0.15, -0.1) is 0 Å². The fourth-order valence-corrected chi connectivity index (χ4v) is 5.16. The van der Waals surface area contributed by atoms with Gasteiger partial charge < -0.3 is 20.9 Å². The highest BCUT2D eigenvalue weighted by atomic mass is 79.9.